The number of nitrogens with zero attached hydrogens (tertiary/aromatic N) is 3. The summed E-state index contributed by atoms with van der Waals surface area (Å²) in [7, 11) is 2.18. The summed E-state index contributed by atoms with van der Waals surface area (Å²) in [5, 5.41) is 7.70. The molecule has 0 radical (unpaired) electrons. The third kappa shape index (κ3) is 2.38. The van der Waals surface area contributed by atoms with Gasteiger partial charge in [-0.3, -0.25) is 9.88 Å². The zero-order valence-electron chi connectivity index (χ0n) is 11.7. The molecular formula is C15H16N4S2. The van der Waals surface area contributed by atoms with Gasteiger partial charge in [-0.1, -0.05) is 0 Å². The number of hydrogen-bond donors (Lipinski definition) is 1. The van der Waals surface area contributed by atoms with Crippen molar-refractivity contribution in [1.82, 2.24) is 19.6 Å². The van der Waals surface area contributed by atoms with Crippen molar-refractivity contribution in [3.05, 3.63) is 34.0 Å². The van der Waals surface area contributed by atoms with Gasteiger partial charge in [-0.25, -0.2) is 0 Å². The third-order valence-electron chi connectivity index (χ3n) is 4.01. The third-order valence-corrected chi connectivity index (χ3v) is 5.64. The molecule has 1 unspecified atom stereocenters. The molecule has 1 N–H and O–H groups in total. The molecule has 4 rings (SSSR count). The van der Waals surface area contributed by atoms with Gasteiger partial charge in [-0.2, -0.15) is 15.7 Å². The summed E-state index contributed by atoms with van der Waals surface area (Å²) in [6, 6.07) is 4.66. The van der Waals surface area contributed by atoms with E-state index in [1.807, 2.05) is 6.20 Å². The van der Waals surface area contributed by atoms with Gasteiger partial charge in [-0.05, 0) is 47.0 Å². The molecule has 0 bridgehead atoms. The van der Waals surface area contributed by atoms with E-state index in [0.29, 0.717) is 6.04 Å². The summed E-state index contributed by atoms with van der Waals surface area (Å²) in [6.45, 7) is 3.10. The van der Waals surface area contributed by atoms with Crippen LogP contribution in [0.15, 0.2) is 29.1 Å². The largest absolute Gasteiger partial charge is 0.314 e. The second-order valence-electron chi connectivity index (χ2n) is 5.35. The molecule has 1 atom stereocenters. The van der Waals surface area contributed by atoms with Gasteiger partial charge in [0.2, 0.25) is 0 Å². The topological polar surface area (TPSA) is 41.0 Å². The number of thiophene rings is 1. The van der Waals surface area contributed by atoms with Gasteiger partial charge in [0.1, 0.15) is 11.0 Å². The van der Waals surface area contributed by atoms with E-state index >= 15 is 0 Å². The maximum atomic E-state index is 4.70. The Morgan fingerprint density at radius 2 is 2.33 bits per heavy atom. The molecular weight excluding hydrogens is 300 g/mol. The van der Waals surface area contributed by atoms with Crippen molar-refractivity contribution in [2.24, 2.45) is 0 Å². The van der Waals surface area contributed by atoms with E-state index in [0.717, 1.165) is 36.2 Å². The van der Waals surface area contributed by atoms with Crippen LogP contribution in [0, 0.1) is 0 Å². The monoisotopic (exact) mass is 316 g/mol. The van der Waals surface area contributed by atoms with E-state index < -0.39 is 0 Å². The fourth-order valence-electron chi connectivity index (χ4n) is 2.76. The Hall–Kier alpha value is -1.34. The molecule has 6 heteroatoms. The molecule has 0 amide bonds. The Morgan fingerprint density at radius 3 is 3.14 bits per heavy atom. The van der Waals surface area contributed by atoms with Crippen molar-refractivity contribution in [3.8, 4) is 11.1 Å². The van der Waals surface area contributed by atoms with Crippen molar-refractivity contribution >= 4 is 33.9 Å². The highest BCUT2D eigenvalue weighted by Gasteiger charge is 2.25. The number of aromatic nitrogens is 2. The zero-order valence-corrected chi connectivity index (χ0v) is 13.4. The Balaban J connectivity index is 1.75. The van der Waals surface area contributed by atoms with Crippen molar-refractivity contribution in [1.29, 1.82) is 0 Å². The van der Waals surface area contributed by atoms with Crippen LogP contribution in [0.25, 0.3) is 22.2 Å². The lowest BCUT2D eigenvalue weighted by atomic mass is 10.1. The summed E-state index contributed by atoms with van der Waals surface area (Å²) in [5.41, 5.74) is 4.44. The van der Waals surface area contributed by atoms with Gasteiger partial charge in [0.15, 0.2) is 0 Å². The molecule has 0 aromatic carbocycles. The van der Waals surface area contributed by atoms with E-state index in [2.05, 4.69) is 44.5 Å². The van der Waals surface area contributed by atoms with Crippen LogP contribution >= 0.6 is 22.9 Å². The molecule has 3 aromatic rings. The van der Waals surface area contributed by atoms with Crippen molar-refractivity contribution in [2.45, 2.75) is 6.04 Å². The fraction of sp³-hybridized carbons (Fsp3) is 0.333. The van der Waals surface area contributed by atoms with Gasteiger partial charge < -0.3 is 5.32 Å². The van der Waals surface area contributed by atoms with Crippen LogP contribution in [0.2, 0.25) is 0 Å². The van der Waals surface area contributed by atoms with Crippen LogP contribution in [-0.2, 0) is 0 Å². The summed E-state index contributed by atoms with van der Waals surface area (Å²) in [4.78, 5) is 8.37. The number of likely N-dealkylation sites (N-methyl/N-ethyl adjacent to an activating group) is 1. The van der Waals surface area contributed by atoms with E-state index in [1.165, 1.54) is 10.4 Å². The number of rotatable bonds is 2. The first-order valence-electron chi connectivity index (χ1n) is 7.02. The lowest BCUT2D eigenvalue weighted by Gasteiger charge is -2.32. The number of nitrogens with one attached hydrogen (secondary N) is 1. The predicted octanol–water partition coefficient (Wildman–Crippen LogP) is 3.00. The van der Waals surface area contributed by atoms with Gasteiger partial charge in [0.05, 0.1) is 10.9 Å². The average molecular weight is 316 g/mol. The van der Waals surface area contributed by atoms with Crippen LogP contribution < -0.4 is 5.32 Å². The molecule has 1 fully saturated rings. The van der Waals surface area contributed by atoms with E-state index in [-0.39, 0.29) is 0 Å². The lowest BCUT2D eigenvalue weighted by molar-refractivity contribution is 0.206. The zero-order chi connectivity index (χ0) is 14.2. The summed E-state index contributed by atoms with van der Waals surface area (Å²) >= 11 is 3.30. The Morgan fingerprint density at radius 1 is 1.38 bits per heavy atom. The van der Waals surface area contributed by atoms with E-state index in [4.69, 9.17) is 4.98 Å². The van der Waals surface area contributed by atoms with Crippen molar-refractivity contribution < 1.29 is 0 Å². The molecule has 0 saturated carbocycles. The summed E-state index contributed by atoms with van der Waals surface area (Å²) in [6.07, 6.45) is 1.97. The number of piperazine rings is 1. The standard InChI is InChI=1S/C15H16N4S2/c1-19-4-3-16-8-13(19)15-14-12(18-21-15)6-11(7-17-14)10-2-5-20-9-10/h2,5-7,9,13,16H,3-4,8H2,1H3. The molecule has 21 heavy (non-hydrogen) atoms. The Bertz CT molecular complexity index is 750. The maximum absolute atomic E-state index is 4.70. The van der Waals surface area contributed by atoms with Crippen LogP contribution in [0.5, 0.6) is 0 Å². The number of fused-ring (bicyclic) bond motifs is 1. The normalized spacial score (nSPS) is 20.1. The van der Waals surface area contributed by atoms with Gasteiger partial charge in [0, 0.05) is 31.4 Å². The smallest absolute Gasteiger partial charge is 0.106 e. The first-order chi connectivity index (χ1) is 10.3. The first kappa shape index (κ1) is 13.3. The van der Waals surface area contributed by atoms with Gasteiger partial charge in [-0.15, -0.1) is 0 Å². The molecule has 4 nitrogen and oxygen atoms in total. The first-order valence-corrected chi connectivity index (χ1v) is 8.73. The second kappa shape index (κ2) is 5.46. The minimum absolute atomic E-state index is 0.383. The summed E-state index contributed by atoms with van der Waals surface area (Å²) < 4.78 is 4.63. The molecule has 4 heterocycles. The van der Waals surface area contributed by atoms with Crippen molar-refractivity contribution in [2.75, 3.05) is 26.7 Å². The number of pyridine rings is 1. The molecule has 108 valence electrons. The minimum atomic E-state index is 0.383. The Labute approximate surface area is 131 Å². The predicted molar refractivity (Wildman–Crippen MR) is 89.0 cm³/mol. The minimum Gasteiger partial charge on any atom is -0.314 e. The maximum Gasteiger partial charge on any atom is 0.106 e. The highest BCUT2D eigenvalue weighted by Crippen LogP contribution is 2.32. The molecule has 3 aromatic heterocycles. The van der Waals surface area contributed by atoms with Gasteiger partial charge >= 0.3 is 0 Å². The quantitative estimate of drug-likeness (QED) is 0.789. The SMILES string of the molecule is CN1CCNCC1c1snc2cc(-c3ccsc3)cnc12. The van der Waals surface area contributed by atoms with Crippen LogP contribution in [0.1, 0.15) is 10.9 Å². The van der Waals surface area contributed by atoms with E-state index in [9.17, 15) is 0 Å². The van der Waals surface area contributed by atoms with Crippen LogP contribution in [-0.4, -0.2) is 40.9 Å². The Kier molecular flexibility index (Phi) is 3.46. The second-order valence-corrected chi connectivity index (χ2v) is 6.94. The molecule has 0 aliphatic carbocycles. The van der Waals surface area contributed by atoms with Gasteiger partial charge in [0.25, 0.3) is 0 Å². The van der Waals surface area contributed by atoms with Crippen LogP contribution in [0.3, 0.4) is 0 Å². The van der Waals surface area contributed by atoms with Crippen LogP contribution in [0.4, 0.5) is 0 Å². The molecule has 1 saturated heterocycles. The highest BCUT2D eigenvalue weighted by molar-refractivity contribution is 7.08. The molecule has 1 aliphatic heterocycles. The molecule has 0 spiro atoms. The highest BCUT2D eigenvalue weighted by atomic mass is 32.1. The fourth-order valence-corrected chi connectivity index (χ4v) is 4.39. The molecule has 1 aliphatic rings. The average Bonchev–Trinajstić information content (AvgIpc) is 3.17. The van der Waals surface area contributed by atoms with Crippen molar-refractivity contribution in [3.63, 3.8) is 0 Å². The van der Waals surface area contributed by atoms with E-state index in [1.54, 1.807) is 22.9 Å². The lowest BCUT2D eigenvalue weighted by Crippen LogP contribution is -2.43. The number of hydrogen-bond acceptors (Lipinski definition) is 6. The summed E-state index contributed by atoms with van der Waals surface area (Å²) in [5.74, 6) is 0.